The molecule has 1 N–H and O–H groups in total. The molecule has 1 unspecified atom stereocenters. The van der Waals surface area contributed by atoms with E-state index in [1.54, 1.807) is 11.8 Å². The Morgan fingerprint density at radius 1 is 1.36 bits per heavy atom. The molecule has 1 amide bonds. The average Bonchev–Trinajstić information content (AvgIpc) is 3.22. The fourth-order valence-corrected chi connectivity index (χ4v) is 4.54. The number of thioether (sulfide) groups is 1. The van der Waals surface area contributed by atoms with Crippen LogP contribution in [0, 0.1) is 11.3 Å². The highest BCUT2D eigenvalue weighted by Crippen LogP contribution is 2.28. The first-order chi connectivity index (χ1) is 12.2. The molecular formula is C19H24N4OS. The molecule has 1 aromatic rings. The van der Waals surface area contributed by atoms with E-state index < -0.39 is 0 Å². The van der Waals surface area contributed by atoms with Gasteiger partial charge in [-0.3, -0.25) is 9.79 Å². The standard InChI is InChI=1S/C19H24N4OS/c1-23-17(13-25-19(23)22-15-4-2-3-5-15)12-18(24)21-16-8-6-14(7-9-16)10-11-20/h6-9,15,17H,2-5,10,12-13H2,1H3,(H,21,24). The van der Waals surface area contributed by atoms with Crippen LogP contribution in [0.5, 0.6) is 0 Å². The molecule has 132 valence electrons. The Labute approximate surface area is 153 Å². The Kier molecular flexibility index (Phi) is 5.98. The van der Waals surface area contributed by atoms with Crippen molar-refractivity contribution in [2.24, 2.45) is 4.99 Å². The number of nitrogens with zero attached hydrogens (tertiary/aromatic N) is 3. The van der Waals surface area contributed by atoms with E-state index in [1.807, 2.05) is 31.3 Å². The number of nitrogens with one attached hydrogen (secondary N) is 1. The number of nitriles is 1. The lowest BCUT2D eigenvalue weighted by atomic mass is 10.1. The van der Waals surface area contributed by atoms with Crippen molar-refractivity contribution >= 4 is 28.5 Å². The Morgan fingerprint density at radius 3 is 2.76 bits per heavy atom. The van der Waals surface area contributed by atoms with Crippen molar-refractivity contribution in [3.8, 4) is 6.07 Å². The number of rotatable bonds is 5. The zero-order valence-corrected chi connectivity index (χ0v) is 15.4. The number of benzene rings is 1. The van der Waals surface area contributed by atoms with Crippen LogP contribution in [-0.2, 0) is 11.2 Å². The summed E-state index contributed by atoms with van der Waals surface area (Å²) in [4.78, 5) is 19.4. The number of anilines is 1. The van der Waals surface area contributed by atoms with Gasteiger partial charge >= 0.3 is 0 Å². The van der Waals surface area contributed by atoms with Gasteiger partial charge in [-0.25, -0.2) is 0 Å². The minimum Gasteiger partial charge on any atom is -0.350 e. The quantitative estimate of drug-likeness (QED) is 0.878. The third-order valence-corrected chi connectivity index (χ3v) is 6.02. The monoisotopic (exact) mass is 356 g/mol. The maximum absolute atomic E-state index is 12.3. The van der Waals surface area contributed by atoms with Gasteiger partial charge in [-0.15, -0.1) is 0 Å². The van der Waals surface area contributed by atoms with Gasteiger partial charge in [0.1, 0.15) is 0 Å². The maximum Gasteiger partial charge on any atom is 0.226 e. The van der Waals surface area contributed by atoms with E-state index in [0.29, 0.717) is 18.9 Å². The SMILES string of the molecule is CN1C(=NC2CCCC2)SCC1CC(=O)Nc1ccc(CC#N)cc1. The minimum atomic E-state index is 0.0209. The smallest absolute Gasteiger partial charge is 0.226 e. The molecule has 0 bridgehead atoms. The second kappa shape index (κ2) is 8.39. The van der Waals surface area contributed by atoms with Crippen LogP contribution >= 0.6 is 11.8 Å². The number of amidine groups is 1. The summed E-state index contributed by atoms with van der Waals surface area (Å²) in [5, 5.41) is 12.7. The molecule has 0 spiro atoms. The van der Waals surface area contributed by atoms with Crippen LogP contribution < -0.4 is 5.32 Å². The lowest BCUT2D eigenvalue weighted by molar-refractivity contribution is -0.116. The summed E-state index contributed by atoms with van der Waals surface area (Å²) in [6.07, 6.45) is 5.83. The summed E-state index contributed by atoms with van der Waals surface area (Å²) in [7, 11) is 2.04. The van der Waals surface area contributed by atoms with Crippen LogP contribution in [0.4, 0.5) is 5.69 Å². The van der Waals surface area contributed by atoms with E-state index in [1.165, 1.54) is 25.7 Å². The Bertz CT molecular complexity index is 674. The normalized spacial score (nSPS) is 22.3. The predicted molar refractivity (Wildman–Crippen MR) is 103 cm³/mol. The maximum atomic E-state index is 12.3. The molecule has 1 saturated heterocycles. The zero-order valence-electron chi connectivity index (χ0n) is 14.6. The van der Waals surface area contributed by atoms with Crippen molar-refractivity contribution in [2.75, 3.05) is 18.1 Å². The van der Waals surface area contributed by atoms with Gasteiger partial charge < -0.3 is 10.2 Å². The molecule has 1 aliphatic carbocycles. The average molecular weight is 356 g/mol. The molecule has 1 aliphatic heterocycles. The van der Waals surface area contributed by atoms with Crippen LogP contribution in [0.1, 0.15) is 37.7 Å². The molecule has 6 heteroatoms. The van der Waals surface area contributed by atoms with E-state index in [4.69, 9.17) is 10.3 Å². The summed E-state index contributed by atoms with van der Waals surface area (Å²) in [5.74, 6) is 0.934. The van der Waals surface area contributed by atoms with Crippen LogP contribution in [-0.4, -0.2) is 40.9 Å². The topological polar surface area (TPSA) is 68.5 Å². The second-order valence-corrected chi connectivity index (χ2v) is 7.70. The molecular weight excluding hydrogens is 332 g/mol. The van der Waals surface area contributed by atoms with E-state index in [-0.39, 0.29) is 11.9 Å². The van der Waals surface area contributed by atoms with Crippen molar-refractivity contribution in [1.29, 1.82) is 5.26 Å². The molecule has 1 heterocycles. The highest BCUT2D eigenvalue weighted by molar-refractivity contribution is 8.14. The van der Waals surface area contributed by atoms with Crippen molar-refractivity contribution in [3.63, 3.8) is 0 Å². The predicted octanol–water partition coefficient (Wildman–Crippen LogP) is 3.43. The molecule has 5 nitrogen and oxygen atoms in total. The summed E-state index contributed by atoms with van der Waals surface area (Å²) in [5.41, 5.74) is 1.74. The molecule has 2 fully saturated rings. The van der Waals surface area contributed by atoms with Gasteiger partial charge in [-0.1, -0.05) is 36.7 Å². The summed E-state index contributed by atoms with van der Waals surface area (Å²) in [6.45, 7) is 0. The zero-order chi connectivity index (χ0) is 17.6. The van der Waals surface area contributed by atoms with E-state index in [2.05, 4.69) is 16.3 Å². The lowest BCUT2D eigenvalue weighted by Gasteiger charge is -2.21. The molecule has 25 heavy (non-hydrogen) atoms. The van der Waals surface area contributed by atoms with Gasteiger partial charge in [0.2, 0.25) is 5.91 Å². The molecule has 0 radical (unpaired) electrons. The molecule has 2 aliphatic rings. The first kappa shape index (κ1) is 17.8. The van der Waals surface area contributed by atoms with E-state index >= 15 is 0 Å². The molecule has 1 aromatic carbocycles. The number of aliphatic imine (C=N–C) groups is 1. The van der Waals surface area contributed by atoms with Crippen LogP contribution in [0.25, 0.3) is 0 Å². The fourth-order valence-electron chi connectivity index (χ4n) is 3.28. The Hall–Kier alpha value is -2.00. The molecule has 0 aromatic heterocycles. The van der Waals surface area contributed by atoms with Crippen molar-refractivity contribution in [3.05, 3.63) is 29.8 Å². The third-order valence-electron chi connectivity index (χ3n) is 4.81. The molecule has 3 rings (SSSR count). The number of hydrogen-bond donors (Lipinski definition) is 1. The largest absolute Gasteiger partial charge is 0.350 e. The summed E-state index contributed by atoms with van der Waals surface area (Å²) < 4.78 is 0. The van der Waals surface area contributed by atoms with Gasteiger partial charge in [-0.2, -0.15) is 5.26 Å². The highest BCUT2D eigenvalue weighted by atomic mass is 32.2. The minimum absolute atomic E-state index is 0.0209. The molecule has 1 saturated carbocycles. The first-order valence-corrected chi connectivity index (χ1v) is 9.83. The van der Waals surface area contributed by atoms with Gasteiger partial charge in [-0.05, 0) is 30.5 Å². The number of carbonyl (C=O) groups is 1. The fraction of sp³-hybridized carbons (Fsp3) is 0.526. The van der Waals surface area contributed by atoms with Crippen LogP contribution in [0.3, 0.4) is 0 Å². The van der Waals surface area contributed by atoms with E-state index in [9.17, 15) is 4.79 Å². The number of carbonyl (C=O) groups excluding carboxylic acids is 1. The Morgan fingerprint density at radius 2 is 2.08 bits per heavy atom. The highest BCUT2D eigenvalue weighted by Gasteiger charge is 2.30. The lowest BCUT2D eigenvalue weighted by Crippen LogP contribution is -2.34. The van der Waals surface area contributed by atoms with Crippen LogP contribution in [0.2, 0.25) is 0 Å². The van der Waals surface area contributed by atoms with Crippen molar-refractivity contribution in [1.82, 2.24) is 4.90 Å². The summed E-state index contributed by atoms with van der Waals surface area (Å²) in [6, 6.07) is 10.3. The van der Waals surface area contributed by atoms with Gasteiger partial charge in [0.05, 0.1) is 18.5 Å². The number of hydrogen-bond acceptors (Lipinski definition) is 4. The van der Waals surface area contributed by atoms with Crippen molar-refractivity contribution in [2.45, 2.75) is 50.6 Å². The Balaban J connectivity index is 1.52. The molecule has 1 atom stereocenters. The van der Waals surface area contributed by atoms with Gasteiger partial charge in [0.25, 0.3) is 0 Å². The summed E-state index contributed by atoms with van der Waals surface area (Å²) >= 11 is 1.77. The van der Waals surface area contributed by atoms with Crippen LogP contribution in [0.15, 0.2) is 29.3 Å². The third kappa shape index (κ3) is 4.76. The second-order valence-electron chi connectivity index (χ2n) is 6.71. The van der Waals surface area contributed by atoms with Gasteiger partial charge in [0.15, 0.2) is 5.17 Å². The van der Waals surface area contributed by atoms with Gasteiger partial charge in [0, 0.05) is 31.0 Å². The number of amides is 1. The van der Waals surface area contributed by atoms with E-state index in [0.717, 1.165) is 22.2 Å². The first-order valence-electron chi connectivity index (χ1n) is 8.85. The van der Waals surface area contributed by atoms with Crippen molar-refractivity contribution < 1.29 is 4.79 Å².